The van der Waals surface area contributed by atoms with Gasteiger partial charge in [0.15, 0.2) is 0 Å². The normalized spacial score (nSPS) is 10.5. The highest BCUT2D eigenvalue weighted by molar-refractivity contribution is 5.29. The second kappa shape index (κ2) is 6.83. The van der Waals surface area contributed by atoms with E-state index >= 15 is 0 Å². The maximum atomic E-state index is 11.6. The Morgan fingerprint density at radius 1 is 1.09 bits per heavy atom. The maximum Gasteiger partial charge on any atom is 0.439 e. The molecule has 118 valence electrons. The number of nitrogens with zero attached hydrogens (tertiary/aromatic N) is 2. The molecule has 0 bridgehead atoms. The minimum Gasteiger partial charge on any atom is -0.489 e. The standard InChI is InChI=1S/C17H16N2O4/c1-21-16-18-19(17(20)23-16)11-14-8-5-9-15(10-14)22-12-13-6-3-2-4-7-13/h2-10H,11-12H2,1H3. The first-order valence-electron chi connectivity index (χ1n) is 7.12. The fraction of sp³-hybridized carbons (Fsp3) is 0.176. The van der Waals surface area contributed by atoms with Gasteiger partial charge < -0.3 is 13.9 Å². The molecule has 23 heavy (non-hydrogen) atoms. The van der Waals surface area contributed by atoms with Gasteiger partial charge in [-0.2, -0.15) is 4.68 Å². The predicted molar refractivity (Wildman–Crippen MR) is 83.6 cm³/mol. The minimum absolute atomic E-state index is 0.0496. The van der Waals surface area contributed by atoms with Gasteiger partial charge in [0.1, 0.15) is 12.4 Å². The summed E-state index contributed by atoms with van der Waals surface area (Å²) < 4.78 is 16.6. The molecule has 0 amide bonds. The molecule has 3 rings (SSSR count). The van der Waals surface area contributed by atoms with Gasteiger partial charge >= 0.3 is 11.8 Å². The molecule has 2 aromatic carbocycles. The van der Waals surface area contributed by atoms with E-state index in [4.69, 9.17) is 13.9 Å². The van der Waals surface area contributed by atoms with E-state index in [9.17, 15) is 4.79 Å². The Labute approximate surface area is 132 Å². The smallest absolute Gasteiger partial charge is 0.439 e. The summed E-state index contributed by atoms with van der Waals surface area (Å²) in [5.74, 6) is 0.173. The van der Waals surface area contributed by atoms with Crippen molar-refractivity contribution >= 4 is 0 Å². The van der Waals surface area contributed by atoms with E-state index in [0.717, 1.165) is 16.9 Å². The van der Waals surface area contributed by atoms with Crippen LogP contribution in [0.1, 0.15) is 11.1 Å². The molecule has 1 aromatic heterocycles. The lowest BCUT2D eigenvalue weighted by atomic mass is 10.2. The van der Waals surface area contributed by atoms with Crippen molar-refractivity contribution in [2.45, 2.75) is 13.2 Å². The van der Waals surface area contributed by atoms with Crippen molar-refractivity contribution in [2.75, 3.05) is 7.11 Å². The van der Waals surface area contributed by atoms with Gasteiger partial charge in [0.25, 0.3) is 0 Å². The van der Waals surface area contributed by atoms with Crippen LogP contribution < -0.4 is 15.2 Å². The number of rotatable bonds is 6. The molecule has 3 aromatic rings. The van der Waals surface area contributed by atoms with Crippen molar-refractivity contribution in [1.82, 2.24) is 9.78 Å². The average Bonchev–Trinajstić information content (AvgIpc) is 2.94. The molecule has 0 aliphatic rings. The van der Waals surface area contributed by atoms with Gasteiger partial charge in [0.05, 0.1) is 13.7 Å². The number of hydrogen-bond acceptors (Lipinski definition) is 5. The van der Waals surface area contributed by atoms with Gasteiger partial charge in [-0.25, -0.2) is 4.79 Å². The largest absolute Gasteiger partial charge is 0.489 e. The average molecular weight is 312 g/mol. The van der Waals surface area contributed by atoms with Crippen LogP contribution in [0.3, 0.4) is 0 Å². The monoisotopic (exact) mass is 312 g/mol. The summed E-state index contributed by atoms with van der Waals surface area (Å²) in [5.41, 5.74) is 1.98. The molecule has 0 aliphatic carbocycles. The van der Waals surface area contributed by atoms with Gasteiger partial charge in [-0.05, 0) is 23.3 Å². The molecule has 0 fully saturated rings. The SMILES string of the molecule is COc1nn(Cc2cccc(OCc3ccccc3)c2)c(=O)o1. The molecule has 0 N–H and O–H groups in total. The van der Waals surface area contributed by atoms with Crippen molar-refractivity contribution in [1.29, 1.82) is 0 Å². The Morgan fingerprint density at radius 2 is 1.87 bits per heavy atom. The lowest BCUT2D eigenvalue weighted by Gasteiger charge is -2.08. The molecule has 6 nitrogen and oxygen atoms in total. The minimum atomic E-state index is -0.558. The zero-order chi connectivity index (χ0) is 16.1. The van der Waals surface area contributed by atoms with E-state index in [0.29, 0.717) is 6.61 Å². The Hall–Kier alpha value is -3.02. The summed E-state index contributed by atoms with van der Waals surface area (Å²) in [4.78, 5) is 11.6. The third kappa shape index (κ3) is 3.79. The van der Waals surface area contributed by atoms with Crippen LogP contribution in [0.25, 0.3) is 0 Å². The third-order valence-corrected chi connectivity index (χ3v) is 3.24. The summed E-state index contributed by atoms with van der Waals surface area (Å²) in [7, 11) is 1.40. The molecular formula is C17H16N2O4. The van der Waals surface area contributed by atoms with Crippen molar-refractivity contribution in [2.24, 2.45) is 0 Å². The summed E-state index contributed by atoms with van der Waals surface area (Å²) in [6.07, 6.45) is -0.0496. The Bertz CT molecular complexity index is 824. The molecule has 0 saturated heterocycles. The summed E-state index contributed by atoms with van der Waals surface area (Å²) in [5, 5.41) is 3.92. The van der Waals surface area contributed by atoms with E-state index in [1.165, 1.54) is 11.8 Å². The topological polar surface area (TPSA) is 66.5 Å². The number of benzene rings is 2. The van der Waals surface area contributed by atoms with Crippen molar-refractivity contribution < 1.29 is 13.9 Å². The Kier molecular flexibility index (Phi) is 4.42. The first-order chi connectivity index (χ1) is 11.2. The first kappa shape index (κ1) is 14.9. The predicted octanol–water partition coefficient (Wildman–Crippen LogP) is 2.47. The van der Waals surface area contributed by atoms with E-state index in [1.54, 1.807) is 0 Å². The van der Waals surface area contributed by atoms with Crippen LogP contribution in [-0.4, -0.2) is 16.9 Å². The molecule has 1 heterocycles. The van der Waals surface area contributed by atoms with Crippen LogP contribution in [0.4, 0.5) is 0 Å². The second-order valence-electron chi connectivity index (χ2n) is 4.92. The van der Waals surface area contributed by atoms with Gasteiger partial charge in [-0.15, -0.1) is 0 Å². The Morgan fingerprint density at radius 3 is 2.61 bits per heavy atom. The van der Waals surface area contributed by atoms with Gasteiger partial charge in [-0.1, -0.05) is 47.6 Å². The van der Waals surface area contributed by atoms with Gasteiger partial charge in [-0.3, -0.25) is 0 Å². The summed E-state index contributed by atoms with van der Waals surface area (Å²) >= 11 is 0. The van der Waals surface area contributed by atoms with Crippen molar-refractivity contribution in [3.63, 3.8) is 0 Å². The van der Waals surface area contributed by atoms with Crippen LogP contribution in [-0.2, 0) is 13.2 Å². The molecule has 0 atom stereocenters. The van der Waals surface area contributed by atoms with E-state index < -0.39 is 5.76 Å². The van der Waals surface area contributed by atoms with E-state index in [-0.39, 0.29) is 12.6 Å². The van der Waals surface area contributed by atoms with E-state index in [2.05, 4.69) is 5.10 Å². The van der Waals surface area contributed by atoms with Crippen LogP contribution in [0.2, 0.25) is 0 Å². The Balaban J connectivity index is 1.69. The fourth-order valence-electron chi connectivity index (χ4n) is 2.12. The molecule has 0 unspecified atom stereocenters. The zero-order valence-corrected chi connectivity index (χ0v) is 12.6. The maximum absolute atomic E-state index is 11.6. The first-order valence-corrected chi connectivity index (χ1v) is 7.12. The molecule has 0 aliphatic heterocycles. The quantitative estimate of drug-likeness (QED) is 0.699. The van der Waals surface area contributed by atoms with Crippen LogP contribution in [0, 0.1) is 0 Å². The molecular weight excluding hydrogens is 296 g/mol. The van der Waals surface area contributed by atoms with Gasteiger partial charge in [0, 0.05) is 0 Å². The molecule has 0 saturated carbocycles. The van der Waals surface area contributed by atoms with Crippen LogP contribution >= 0.6 is 0 Å². The number of hydrogen-bond donors (Lipinski definition) is 0. The molecule has 6 heteroatoms. The highest BCUT2D eigenvalue weighted by Gasteiger charge is 2.08. The van der Waals surface area contributed by atoms with Crippen LogP contribution in [0.5, 0.6) is 11.8 Å². The highest BCUT2D eigenvalue weighted by Crippen LogP contribution is 2.16. The number of methoxy groups -OCH3 is 1. The fourth-order valence-corrected chi connectivity index (χ4v) is 2.12. The summed E-state index contributed by atoms with van der Waals surface area (Å²) in [6.45, 7) is 0.774. The summed E-state index contributed by atoms with van der Waals surface area (Å²) in [6, 6.07) is 17.4. The van der Waals surface area contributed by atoms with Gasteiger partial charge in [0.2, 0.25) is 0 Å². The zero-order valence-electron chi connectivity index (χ0n) is 12.6. The number of ether oxygens (including phenoxy) is 2. The van der Waals surface area contributed by atoms with Crippen molar-refractivity contribution in [3.8, 4) is 11.8 Å². The third-order valence-electron chi connectivity index (χ3n) is 3.24. The second-order valence-corrected chi connectivity index (χ2v) is 4.92. The lowest BCUT2D eigenvalue weighted by Crippen LogP contribution is -2.16. The van der Waals surface area contributed by atoms with E-state index in [1.807, 2.05) is 54.6 Å². The number of aromatic nitrogens is 2. The van der Waals surface area contributed by atoms with Crippen molar-refractivity contribution in [3.05, 3.63) is 76.3 Å². The highest BCUT2D eigenvalue weighted by atomic mass is 16.6. The lowest BCUT2D eigenvalue weighted by molar-refractivity contribution is 0.282. The van der Waals surface area contributed by atoms with Crippen LogP contribution in [0.15, 0.2) is 63.8 Å². The molecule has 0 radical (unpaired) electrons. The molecule has 0 spiro atoms.